The first-order valence-corrected chi connectivity index (χ1v) is 9.55. The maximum atomic E-state index is 12.9. The van der Waals surface area contributed by atoms with Crippen molar-refractivity contribution in [3.63, 3.8) is 0 Å². The molecule has 5 nitrogen and oxygen atoms in total. The lowest BCUT2D eigenvalue weighted by atomic mass is 10.1. The van der Waals surface area contributed by atoms with Crippen molar-refractivity contribution >= 4 is 11.6 Å². The number of hydrogen-bond acceptors (Lipinski definition) is 3. The molecular formula is C20H32N2O3. The number of carbonyl (C=O) groups is 1. The quantitative estimate of drug-likeness (QED) is 0.284. The molecule has 0 saturated heterocycles. The van der Waals surface area contributed by atoms with Crippen LogP contribution in [0.1, 0.15) is 81.1 Å². The number of unbranched alkanes of at least 4 members (excludes halogenated alkanes) is 6. The van der Waals surface area contributed by atoms with Gasteiger partial charge in [-0.25, -0.2) is 0 Å². The number of rotatable bonds is 12. The van der Waals surface area contributed by atoms with Crippen LogP contribution in [-0.4, -0.2) is 28.8 Å². The van der Waals surface area contributed by atoms with Crippen molar-refractivity contribution in [3.8, 4) is 0 Å². The van der Waals surface area contributed by atoms with Crippen molar-refractivity contribution in [1.82, 2.24) is 4.90 Å². The van der Waals surface area contributed by atoms with Crippen LogP contribution in [0.4, 0.5) is 5.69 Å². The molecule has 1 aromatic rings. The van der Waals surface area contributed by atoms with Gasteiger partial charge in [-0.05, 0) is 31.9 Å². The molecule has 25 heavy (non-hydrogen) atoms. The second-order valence-electron chi connectivity index (χ2n) is 6.67. The fourth-order valence-electron chi connectivity index (χ4n) is 2.95. The zero-order valence-electron chi connectivity index (χ0n) is 15.9. The van der Waals surface area contributed by atoms with Gasteiger partial charge in [-0.1, -0.05) is 52.4 Å². The number of carbonyl (C=O) groups excluding carboxylic acids is 1. The molecule has 0 aliphatic heterocycles. The summed E-state index contributed by atoms with van der Waals surface area (Å²) in [5.74, 6) is -0.00834. The minimum atomic E-state index is -0.406. The molecule has 140 valence electrons. The molecule has 1 amide bonds. The summed E-state index contributed by atoms with van der Waals surface area (Å²) >= 11 is 0. The molecule has 0 heterocycles. The Morgan fingerprint density at radius 3 is 2.00 bits per heavy atom. The third-order valence-electron chi connectivity index (χ3n) is 4.49. The minimum absolute atomic E-state index is 0.00834. The molecule has 1 rings (SSSR count). The van der Waals surface area contributed by atoms with E-state index in [1.54, 1.807) is 19.1 Å². The highest BCUT2D eigenvalue weighted by molar-refractivity contribution is 5.94. The number of nitro benzene ring substituents is 1. The lowest BCUT2D eigenvalue weighted by Gasteiger charge is -2.23. The summed E-state index contributed by atoms with van der Waals surface area (Å²) in [6.07, 6.45) is 9.02. The van der Waals surface area contributed by atoms with Gasteiger partial charge in [0, 0.05) is 30.3 Å². The van der Waals surface area contributed by atoms with Gasteiger partial charge in [-0.15, -0.1) is 0 Å². The second kappa shape index (κ2) is 11.6. The Bertz CT molecular complexity index is 546. The van der Waals surface area contributed by atoms with Gasteiger partial charge in [0.25, 0.3) is 11.6 Å². The molecule has 0 aliphatic rings. The van der Waals surface area contributed by atoms with Gasteiger partial charge >= 0.3 is 0 Å². The highest BCUT2D eigenvalue weighted by Crippen LogP contribution is 2.20. The third kappa shape index (κ3) is 7.24. The number of nitro groups is 1. The summed E-state index contributed by atoms with van der Waals surface area (Å²) in [5, 5.41) is 11.0. The summed E-state index contributed by atoms with van der Waals surface area (Å²) < 4.78 is 0. The van der Waals surface area contributed by atoms with Gasteiger partial charge in [0.1, 0.15) is 0 Å². The second-order valence-corrected chi connectivity index (χ2v) is 6.67. The summed E-state index contributed by atoms with van der Waals surface area (Å²) in [5.41, 5.74) is 1.15. The first-order valence-electron chi connectivity index (χ1n) is 9.55. The normalized spacial score (nSPS) is 10.7. The zero-order valence-corrected chi connectivity index (χ0v) is 15.9. The lowest BCUT2D eigenvalue weighted by molar-refractivity contribution is -0.385. The molecule has 0 aliphatic carbocycles. The van der Waals surface area contributed by atoms with Gasteiger partial charge in [-0.3, -0.25) is 14.9 Å². The van der Waals surface area contributed by atoms with Crippen LogP contribution in [0, 0.1) is 17.0 Å². The fraction of sp³-hybridized carbons (Fsp3) is 0.650. The maximum Gasteiger partial charge on any atom is 0.272 e. The highest BCUT2D eigenvalue weighted by Gasteiger charge is 2.18. The maximum absolute atomic E-state index is 12.9. The Balaban J connectivity index is 2.78. The number of benzene rings is 1. The van der Waals surface area contributed by atoms with Gasteiger partial charge < -0.3 is 4.90 Å². The number of aryl methyl sites for hydroxylation is 1. The van der Waals surface area contributed by atoms with E-state index in [1.165, 1.54) is 31.7 Å². The molecular weight excluding hydrogens is 316 g/mol. The standard InChI is InChI=1S/C20H32N2O3/c1-4-6-8-10-14-21(15-11-9-7-5-2)20(23)18-12-13-19(22(24)25)17(3)16-18/h12-13,16H,4-11,14-15H2,1-3H3. The van der Waals surface area contributed by atoms with E-state index < -0.39 is 4.92 Å². The van der Waals surface area contributed by atoms with Crippen LogP contribution < -0.4 is 0 Å². The van der Waals surface area contributed by atoms with E-state index in [-0.39, 0.29) is 11.6 Å². The molecule has 0 bridgehead atoms. The Kier molecular flexibility index (Phi) is 9.81. The van der Waals surface area contributed by atoms with Crippen LogP contribution in [0.2, 0.25) is 0 Å². The third-order valence-corrected chi connectivity index (χ3v) is 4.49. The van der Waals surface area contributed by atoms with Gasteiger partial charge in [-0.2, -0.15) is 0 Å². The summed E-state index contributed by atoms with van der Waals surface area (Å²) in [7, 11) is 0. The molecule has 0 fully saturated rings. The average molecular weight is 348 g/mol. The smallest absolute Gasteiger partial charge is 0.272 e. The van der Waals surface area contributed by atoms with E-state index in [2.05, 4.69) is 13.8 Å². The van der Waals surface area contributed by atoms with Crippen LogP contribution in [0.15, 0.2) is 18.2 Å². The Morgan fingerprint density at radius 1 is 1.00 bits per heavy atom. The SMILES string of the molecule is CCCCCCN(CCCCCC)C(=O)c1ccc([N+](=O)[O-])c(C)c1. The van der Waals surface area contributed by atoms with E-state index >= 15 is 0 Å². The molecule has 0 aromatic heterocycles. The van der Waals surface area contributed by atoms with E-state index in [9.17, 15) is 14.9 Å². The monoisotopic (exact) mass is 348 g/mol. The summed E-state index contributed by atoms with van der Waals surface area (Å²) in [6, 6.07) is 4.67. The molecule has 0 radical (unpaired) electrons. The van der Waals surface area contributed by atoms with Crippen LogP contribution >= 0.6 is 0 Å². The van der Waals surface area contributed by atoms with Crippen molar-refractivity contribution in [2.75, 3.05) is 13.1 Å². The van der Waals surface area contributed by atoms with E-state index in [0.29, 0.717) is 11.1 Å². The molecule has 1 aromatic carbocycles. The Morgan fingerprint density at radius 2 is 1.56 bits per heavy atom. The zero-order chi connectivity index (χ0) is 18.7. The number of nitrogens with zero attached hydrogens (tertiary/aromatic N) is 2. The largest absolute Gasteiger partial charge is 0.339 e. The summed E-state index contributed by atoms with van der Waals surface area (Å²) in [6.45, 7) is 7.56. The molecule has 0 spiro atoms. The minimum Gasteiger partial charge on any atom is -0.339 e. The highest BCUT2D eigenvalue weighted by atomic mass is 16.6. The van der Waals surface area contributed by atoms with E-state index in [0.717, 1.165) is 38.8 Å². The molecule has 0 unspecified atom stereocenters. The topological polar surface area (TPSA) is 63.5 Å². The van der Waals surface area contributed by atoms with Gasteiger partial charge in [0.15, 0.2) is 0 Å². The van der Waals surface area contributed by atoms with E-state index in [1.807, 2.05) is 4.90 Å². The summed E-state index contributed by atoms with van der Waals surface area (Å²) in [4.78, 5) is 25.3. The molecule has 5 heteroatoms. The van der Waals surface area contributed by atoms with Crippen LogP contribution in [0.3, 0.4) is 0 Å². The molecule has 0 atom stereocenters. The predicted octanol–water partition coefficient (Wildman–Crippen LogP) is 5.51. The predicted molar refractivity (Wildman–Crippen MR) is 102 cm³/mol. The van der Waals surface area contributed by atoms with Crippen molar-refractivity contribution in [2.45, 2.75) is 72.1 Å². The van der Waals surface area contributed by atoms with Crippen molar-refractivity contribution < 1.29 is 9.72 Å². The van der Waals surface area contributed by atoms with Crippen LogP contribution in [0.25, 0.3) is 0 Å². The van der Waals surface area contributed by atoms with Crippen molar-refractivity contribution in [3.05, 3.63) is 39.4 Å². The molecule has 0 N–H and O–H groups in total. The van der Waals surface area contributed by atoms with Crippen molar-refractivity contribution in [2.24, 2.45) is 0 Å². The number of amides is 1. The average Bonchev–Trinajstić information content (AvgIpc) is 2.59. The first kappa shape index (κ1) is 21.1. The lowest BCUT2D eigenvalue weighted by Crippen LogP contribution is -2.33. The first-order chi connectivity index (χ1) is 12.0. The Hall–Kier alpha value is -1.91. The van der Waals surface area contributed by atoms with Gasteiger partial charge in [0.05, 0.1) is 4.92 Å². The number of hydrogen-bond donors (Lipinski definition) is 0. The molecule has 0 saturated carbocycles. The van der Waals surface area contributed by atoms with Gasteiger partial charge in [0.2, 0.25) is 0 Å². The van der Waals surface area contributed by atoms with E-state index in [4.69, 9.17) is 0 Å². The Labute approximate surface area is 151 Å². The fourth-order valence-corrected chi connectivity index (χ4v) is 2.95. The van der Waals surface area contributed by atoms with Crippen LogP contribution in [-0.2, 0) is 0 Å². The van der Waals surface area contributed by atoms with Crippen LogP contribution in [0.5, 0.6) is 0 Å². The van der Waals surface area contributed by atoms with Crippen molar-refractivity contribution in [1.29, 1.82) is 0 Å².